The lowest BCUT2D eigenvalue weighted by atomic mass is 10.00. The fourth-order valence-electron chi connectivity index (χ4n) is 5.03. The Balaban J connectivity index is 1.20. The fraction of sp³-hybridized carbons (Fsp3) is 0.545. The molecule has 0 aliphatic carbocycles. The summed E-state index contributed by atoms with van der Waals surface area (Å²) in [4.78, 5) is 22.9. The molecule has 1 aromatic carbocycles. The zero-order valence-corrected chi connectivity index (χ0v) is 20.4. The minimum absolute atomic E-state index is 0.0237. The molecule has 34 heavy (non-hydrogen) atoms. The Labute approximate surface area is 206 Å². The molecule has 10 nitrogen and oxygen atoms in total. The van der Waals surface area contributed by atoms with E-state index in [9.17, 15) is 4.79 Å². The van der Waals surface area contributed by atoms with Gasteiger partial charge in [-0.15, -0.1) is 21.5 Å². The van der Waals surface area contributed by atoms with Gasteiger partial charge in [-0.05, 0) is 31.5 Å². The highest BCUT2D eigenvalue weighted by atomic mass is 32.1. The van der Waals surface area contributed by atoms with E-state index in [2.05, 4.69) is 47.3 Å². The number of hydrogen-bond acceptors (Lipinski definition) is 11. The third-order valence-electron chi connectivity index (χ3n) is 6.82. The molecular weight excluding hydrogens is 470 g/mol. The number of piperidine rings is 1. The van der Waals surface area contributed by atoms with Gasteiger partial charge in [0.2, 0.25) is 11.0 Å². The number of aromatic nitrogens is 3. The molecule has 4 N–H and O–H groups in total. The van der Waals surface area contributed by atoms with Crippen LogP contribution >= 0.6 is 22.7 Å². The highest BCUT2D eigenvalue weighted by Crippen LogP contribution is 2.31. The molecule has 0 radical (unpaired) electrons. The third kappa shape index (κ3) is 4.53. The van der Waals surface area contributed by atoms with E-state index in [1.165, 1.54) is 0 Å². The van der Waals surface area contributed by atoms with E-state index in [4.69, 9.17) is 4.98 Å². The molecular formula is C22H29N9OS2. The van der Waals surface area contributed by atoms with Crippen LogP contribution in [0.25, 0.3) is 10.2 Å². The summed E-state index contributed by atoms with van der Waals surface area (Å²) in [6.07, 6.45) is 1.83. The van der Waals surface area contributed by atoms with Crippen molar-refractivity contribution in [2.24, 2.45) is 0 Å². The number of nitrogens with one attached hydrogen (secondary N) is 4. The fourth-order valence-corrected chi connectivity index (χ4v) is 6.75. The van der Waals surface area contributed by atoms with Crippen LogP contribution in [0.15, 0.2) is 29.8 Å². The van der Waals surface area contributed by atoms with Crippen molar-refractivity contribution < 1.29 is 4.79 Å². The second-order valence-electron chi connectivity index (χ2n) is 9.01. The molecule has 12 heteroatoms. The van der Waals surface area contributed by atoms with Crippen LogP contribution in [0, 0.1) is 0 Å². The van der Waals surface area contributed by atoms with Crippen LogP contribution in [0.2, 0.25) is 0 Å². The van der Waals surface area contributed by atoms with Crippen molar-refractivity contribution in [2.75, 3.05) is 44.2 Å². The van der Waals surface area contributed by atoms with Gasteiger partial charge in [-0.3, -0.25) is 20.3 Å². The van der Waals surface area contributed by atoms with Crippen LogP contribution in [0.1, 0.15) is 23.8 Å². The number of thiazole rings is 1. The SMILES string of the molecule is O=C1NC(N2CCN(c3nncs3)CC2)NC(N[C@@H]2CCCNC2)C1c1nc2ccccc2s1. The zero-order chi connectivity index (χ0) is 22.9. The lowest BCUT2D eigenvalue weighted by molar-refractivity contribution is -0.129. The van der Waals surface area contributed by atoms with E-state index < -0.39 is 0 Å². The number of anilines is 1. The van der Waals surface area contributed by atoms with E-state index >= 15 is 0 Å². The molecule has 0 saturated carbocycles. The number of rotatable bonds is 5. The number of amides is 1. The van der Waals surface area contributed by atoms with E-state index in [-0.39, 0.29) is 24.3 Å². The summed E-state index contributed by atoms with van der Waals surface area (Å²) in [5, 5.41) is 24.2. The smallest absolute Gasteiger partial charge is 0.235 e. The Morgan fingerprint density at radius 2 is 2.03 bits per heavy atom. The van der Waals surface area contributed by atoms with Crippen molar-refractivity contribution in [2.45, 2.75) is 37.3 Å². The Morgan fingerprint density at radius 3 is 2.79 bits per heavy atom. The van der Waals surface area contributed by atoms with Crippen LogP contribution < -0.4 is 26.2 Å². The third-order valence-corrected chi connectivity index (χ3v) is 8.69. The summed E-state index contributed by atoms with van der Waals surface area (Å²) in [6.45, 7) is 5.35. The monoisotopic (exact) mass is 499 g/mol. The molecule has 2 aromatic heterocycles. The summed E-state index contributed by atoms with van der Waals surface area (Å²) in [5.41, 5.74) is 2.71. The van der Waals surface area contributed by atoms with Crippen molar-refractivity contribution >= 4 is 43.9 Å². The average Bonchev–Trinajstić information content (AvgIpc) is 3.55. The Kier molecular flexibility index (Phi) is 6.41. The molecule has 3 unspecified atom stereocenters. The first-order valence-corrected chi connectivity index (χ1v) is 13.6. The molecule has 3 saturated heterocycles. The van der Waals surface area contributed by atoms with Gasteiger partial charge >= 0.3 is 0 Å². The van der Waals surface area contributed by atoms with Gasteiger partial charge in [0.1, 0.15) is 22.7 Å². The number of carbonyl (C=O) groups excluding carboxylic acids is 1. The maximum atomic E-state index is 13.5. The normalized spacial score (nSPS) is 28.8. The first-order chi connectivity index (χ1) is 16.7. The maximum absolute atomic E-state index is 13.5. The zero-order valence-electron chi connectivity index (χ0n) is 18.8. The van der Waals surface area contributed by atoms with Crippen LogP contribution in [-0.2, 0) is 4.79 Å². The molecule has 0 bridgehead atoms. The van der Waals surface area contributed by atoms with Crippen LogP contribution in [0.3, 0.4) is 0 Å². The molecule has 3 aliphatic heterocycles. The molecule has 180 valence electrons. The average molecular weight is 500 g/mol. The van der Waals surface area contributed by atoms with Gasteiger partial charge in [0, 0.05) is 38.8 Å². The number of fused-ring (bicyclic) bond motifs is 1. The van der Waals surface area contributed by atoms with Crippen molar-refractivity contribution in [1.82, 2.24) is 41.3 Å². The molecule has 5 heterocycles. The van der Waals surface area contributed by atoms with Gasteiger partial charge < -0.3 is 15.5 Å². The number of benzene rings is 1. The second-order valence-corrected chi connectivity index (χ2v) is 10.9. The van der Waals surface area contributed by atoms with Gasteiger partial charge in [-0.25, -0.2) is 4.98 Å². The second kappa shape index (κ2) is 9.80. The Hall–Kier alpha value is -2.22. The van der Waals surface area contributed by atoms with Crippen molar-refractivity contribution in [1.29, 1.82) is 0 Å². The Morgan fingerprint density at radius 1 is 1.15 bits per heavy atom. The Bertz CT molecular complexity index is 1080. The van der Waals surface area contributed by atoms with Crippen molar-refractivity contribution in [3.8, 4) is 0 Å². The predicted molar refractivity (Wildman–Crippen MR) is 134 cm³/mol. The van der Waals surface area contributed by atoms with E-state index in [1.54, 1.807) is 28.2 Å². The predicted octanol–water partition coefficient (Wildman–Crippen LogP) is 0.724. The van der Waals surface area contributed by atoms with E-state index in [1.807, 2.05) is 18.2 Å². The maximum Gasteiger partial charge on any atom is 0.235 e. The van der Waals surface area contributed by atoms with Gasteiger partial charge in [0.05, 0.1) is 16.4 Å². The standard InChI is InChI=1S/C22H29N9OS2/c32-19-17(20-26-15-5-1-2-6-16(15)34-20)18(25-14-4-3-7-23-12-14)27-21(28-19)30-8-10-31(11-9-30)22-29-24-13-33-22/h1-2,5-6,13-14,17-18,21,23,25,27H,3-4,7-12H2,(H,28,32)/t14-,17?,18?,21?/m1/s1. The molecule has 3 aromatic rings. The lowest BCUT2D eigenvalue weighted by Crippen LogP contribution is -2.72. The topological polar surface area (TPSA) is 110 Å². The quantitative estimate of drug-likeness (QED) is 0.404. The summed E-state index contributed by atoms with van der Waals surface area (Å²) in [5.74, 6) is -0.353. The van der Waals surface area contributed by atoms with Crippen LogP contribution in [0.5, 0.6) is 0 Å². The van der Waals surface area contributed by atoms with Gasteiger partial charge in [-0.2, -0.15) is 0 Å². The minimum atomic E-state index is -0.377. The number of nitrogens with zero attached hydrogens (tertiary/aromatic N) is 5. The molecule has 0 spiro atoms. The largest absolute Gasteiger partial charge is 0.344 e. The number of hydrogen-bond donors (Lipinski definition) is 4. The van der Waals surface area contributed by atoms with E-state index in [0.29, 0.717) is 6.04 Å². The highest BCUT2D eigenvalue weighted by Gasteiger charge is 2.42. The summed E-state index contributed by atoms with van der Waals surface area (Å²) in [6, 6.07) is 8.41. The summed E-state index contributed by atoms with van der Waals surface area (Å²) in [7, 11) is 0. The minimum Gasteiger partial charge on any atom is -0.344 e. The van der Waals surface area contributed by atoms with Gasteiger partial charge in [0.25, 0.3) is 0 Å². The molecule has 1 amide bonds. The van der Waals surface area contributed by atoms with Crippen molar-refractivity contribution in [3.63, 3.8) is 0 Å². The van der Waals surface area contributed by atoms with Crippen LogP contribution in [0.4, 0.5) is 5.13 Å². The lowest BCUT2D eigenvalue weighted by Gasteiger charge is -2.45. The van der Waals surface area contributed by atoms with Crippen molar-refractivity contribution in [3.05, 3.63) is 34.8 Å². The molecule has 4 atom stereocenters. The number of carbonyl (C=O) groups is 1. The van der Waals surface area contributed by atoms with Crippen LogP contribution in [-0.4, -0.2) is 83.8 Å². The molecule has 3 fully saturated rings. The molecule has 3 aliphatic rings. The first-order valence-electron chi connectivity index (χ1n) is 11.9. The molecule has 6 rings (SSSR count). The van der Waals surface area contributed by atoms with Gasteiger partial charge in [-0.1, -0.05) is 23.5 Å². The highest BCUT2D eigenvalue weighted by molar-refractivity contribution is 7.18. The van der Waals surface area contributed by atoms with Gasteiger partial charge in [0.15, 0.2) is 0 Å². The van der Waals surface area contributed by atoms with E-state index in [0.717, 1.165) is 72.5 Å². The summed E-state index contributed by atoms with van der Waals surface area (Å²) >= 11 is 3.17. The first kappa shape index (κ1) is 22.3. The number of para-hydroxylation sites is 1. The summed E-state index contributed by atoms with van der Waals surface area (Å²) < 4.78 is 1.11. The number of piperazine rings is 1.